The molecule has 1 atom stereocenters. The molecular formula is C17H14BrFN4OS2. The van der Waals surface area contributed by atoms with Crippen molar-refractivity contribution in [1.82, 2.24) is 15.3 Å². The van der Waals surface area contributed by atoms with Gasteiger partial charge in [-0.25, -0.2) is 14.8 Å². The van der Waals surface area contributed by atoms with Crippen LogP contribution < -0.4 is 10.9 Å². The predicted octanol–water partition coefficient (Wildman–Crippen LogP) is 4.17. The van der Waals surface area contributed by atoms with Gasteiger partial charge < -0.3 is 4.90 Å². The highest BCUT2D eigenvalue weighted by Gasteiger charge is 2.31. The minimum absolute atomic E-state index is 0.0867. The van der Waals surface area contributed by atoms with E-state index in [0.29, 0.717) is 22.9 Å². The molecule has 0 spiro atoms. The molecule has 1 aliphatic heterocycles. The van der Waals surface area contributed by atoms with Gasteiger partial charge in [-0.05, 0) is 29.8 Å². The van der Waals surface area contributed by atoms with E-state index in [1.807, 2.05) is 24.3 Å². The number of thioether (sulfide) groups is 1. The van der Waals surface area contributed by atoms with Crippen molar-refractivity contribution in [2.75, 3.05) is 11.2 Å². The molecule has 0 saturated carbocycles. The molecule has 1 aromatic heterocycles. The lowest BCUT2D eigenvalue weighted by molar-refractivity contribution is -0.128. The van der Waals surface area contributed by atoms with Gasteiger partial charge in [0.2, 0.25) is 5.91 Å². The van der Waals surface area contributed by atoms with Crippen LogP contribution in [0, 0.1) is 5.82 Å². The molecule has 0 aliphatic carbocycles. The number of anilines is 1. The molecule has 1 fully saturated rings. The Morgan fingerprint density at radius 1 is 1.27 bits per heavy atom. The third-order valence-corrected chi connectivity index (χ3v) is 6.47. The molecule has 9 heteroatoms. The maximum absolute atomic E-state index is 13.3. The quantitative estimate of drug-likeness (QED) is 0.568. The summed E-state index contributed by atoms with van der Waals surface area (Å²) >= 11 is 6.36. The maximum atomic E-state index is 13.3. The predicted molar refractivity (Wildman–Crippen MR) is 107 cm³/mol. The number of rotatable bonds is 5. The fraction of sp³-hybridized carbons (Fsp3) is 0.176. The van der Waals surface area contributed by atoms with E-state index >= 15 is 0 Å². The Hall–Kier alpha value is -1.68. The molecule has 2 heterocycles. The van der Waals surface area contributed by atoms with Gasteiger partial charge in [0.15, 0.2) is 5.13 Å². The Morgan fingerprint density at radius 3 is 2.88 bits per heavy atom. The highest BCUT2D eigenvalue weighted by molar-refractivity contribution is 9.10. The Labute approximate surface area is 166 Å². The lowest BCUT2D eigenvalue weighted by Crippen LogP contribution is -2.43. The minimum atomic E-state index is -0.306. The molecule has 1 unspecified atom stereocenters. The van der Waals surface area contributed by atoms with Crippen molar-refractivity contribution < 1.29 is 9.18 Å². The van der Waals surface area contributed by atoms with Crippen molar-refractivity contribution in [3.63, 3.8) is 0 Å². The zero-order valence-electron chi connectivity index (χ0n) is 13.4. The highest BCUT2D eigenvalue weighted by Crippen LogP contribution is 2.28. The van der Waals surface area contributed by atoms with Crippen LogP contribution in [0.3, 0.4) is 0 Å². The number of nitrogens with zero attached hydrogens (tertiary/aromatic N) is 2. The molecule has 134 valence electrons. The number of aromatic nitrogens is 1. The van der Waals surface area contributed by atoms with E-state index < -0.39 is 0 Å². The van der Waals surface area contributed by atoms with Crippen LogP contribution in [0.5, 0.6) is 0 Å². The van der Waals surface area contributed by atoms with Crippen LogP contribution in [0.2, 0.25) is 0 Å². The van der Waals surface area contributed by atoms with E-state index in [9.17, 15) is 9.18 Å². The summed E-state index contributed by atoms with van der Waals surface area (Å²) in [5, 5.41) is 0.633. The van der Waals surface area contributed by atoms with E-state index in [2.05, 4.69) is 31.8 Å². The topological polar surface area (TPSA) is 57.3 Å². The standard InChI is InChI=1S/C17H14BrFN4OS2/c18-11-3-1-10(2-4-11)8-23-15(24)9-25-17(23)22-21-16-20-13-7-12(19)5-6-14(13)26-16/h1-7,17,22H,8-9H2,(H,20,21). The Kier molecular flexibility index (Phi) is 5.12. The third kappa shape index (κ3) is 3.85. The zero-order chi connectivity index (χ0) is 18.1. The molecule has 0 bridgehead atoms. The van der Waals surface area contributed by atoms with Gasteiger partial charge in [-0.15, -0.1) is 11.8 Å². The monoisotopic (exact) mass is 452 g/mol. The number of hydrogen-bond donors (Lipinski definition) is 2. The van der Waals surface area contributed by atoms with Crippen LogP contribution in [0.4, 0.5) is 9.52 Å². The second kappa shape index (κ2) is 7.51. The van der Waals surface area contributed by atoms with E-state index in [1.54, 1.807) is 11.0 Å². The summed E-state index contributed by atoms with van der Waals surface area (Å²) < 4.78 is 15.2. The summed E-state index contributed by atoms with van der Waals surface area (Å²) in [6.07, 6.45) is 0. The smallest absolute Gasteiger partial charge is 0.234 e. The van der Waals surface area contributed by atoms with Crippen LogP contribution in [0.15, 0.2) is 46.9 Å². The Morgan fingerprint density at radius 2 is 2.08 bits per heavy atom. The Balaban J connectivity index is 1.43. The van der Waals surface area contributed by atoms with Gasteiger partial charge in [0.1, 0.15) is 11.3 Å². The van der Waals surface area contributed by atoms with Crippen molar-refractivity contribution in [2.45, 2.75) is 12.0 Å². The summed E-state index contributed by atoms with van der Waals surface area (Å²) in [6, 6.07) is 12.4. The molecular weight excluding hydrogens is 439 g/mol. The van der Waals surface area contributed by atoms with Crippen molar-refractivity contribution in [1.29, 1.82) is 0 Å². The van der Waals surface area contributed by atoms with Crippen molar-refractivity contribution >= 4 is 60.3 Å². The van der Waals surface area contributed by atoms with E-state index in [-0.39, 0.29) is 17.2 Å². The van der Waals surface area contributed by atoms with Crippen LogP contribution in [-0.2, 0) is 11.3 Å². The molecule has 26 heavy (non-hydrogen) atoms. The summed E-state index contributed by atoms with van der Waals surface area (Å²) in [6.45, 7) is 0.531. The molecule has 2 aromatic carbocycles. The molecule has 1 saturated heterocycles. The minimum Gasteiger partial charge on any atom is -0.311 e. The SMILES string of the molecule is O=C1CSC(NNc2nc3cc(F)ccc3s2)N1Cc1ccc(Br)cc1. The number of fused-ring (bicyclic) bond motifs is 1. The zero-order valence-corrected chi connectivity index (χ0v) is 16.6. The fourth-order valence-electron chi connectivity index (χ4n) is 2.61. The lowest BCUT2D eigenvalue weighted by atomic mass is 10.2. The second-order valence-electron chi connectivity index (χ2n) is 5.71. The molecule has 1 amide bonds. The Bertz CT molecular complexity index is 950. The molecule has 1 aliphatic rings. The molecule has 5 nitrogen and oxygen atoms in total. The van der Waals surface area contributed by atoms with Crippen LogP contribution in [0.1, 0.15) is 5.56 Å². The first-order valence-corrected chi connectivity index (χ1v) is 10.5. The average Bonchev–Trinajstić information content (AvgIpc) is 3.18. The number of thiazole rings is 1. The number of halogens is 2. The summed E-state index contributed by atoms with van der Waals surface area (Å²) in [7, 11) is 0. The number of amides is 1. The van der Waals surface area contributed by atoms with Gasteiger partial charge in [0.25, 0.3) is 0 Å². The molecule has 2 N–H and O–H groups in total. The van der Waals surface area contributed by atoms with Gasteiger partial charge in [0.05, 0.1) is 16.0 Å². The van der Waals surface area contributed by atoms with E-state index in [1.165, 1.54) is 35.2 Å². The summed E-state index contributed by atoms with van der Waals surface area (Å²) in [5.41, 5.74) is 7.68. The largest absolute Gasteiger partial charge is 0.311 e. The number of carbonyl (C=O) groups excluding carboxylic acids is 1. The van der Waals surface area contributed by atoms with Crippen molar-refractivity contribution in [3.05, 3.63) is 58.3 Å². The van der Waals surface area contributed by atoms with E-state index in [4.69, 9.17) is 0 Å². The molecule has 0 radical (unpaired) electrons. The van der Waals surface area contributed by atoms with Crippen LogP contribution >= 0.6 is 39.0 Å². The normalized spacial score (nSPS) is 17.2. The van der Waals surface area contributed by atoms with Gasteiger partial charge in [-0.1, -0.05) is 39.4 Å². The second-order valence-corrected chi connectivity index (χ2v) is 8.73. The number of hydrogen-bond acceptors (Lipinski definition) is 6. The first-order valence-electron chi connectivity index (χ1n) is 7.82. The lowest BCUT2D eigenvalue weighted by Gasteiger charge is -2.24. The summed E-state index contributed by atoms with van der Waals surface area (Å²) in [5.74, 6) is 0.213. The van der Waals surface area contributed by atoms with Gasteiger partial charge in [-0.2, -0.15) is 0 Å². The van der Waals surface area contributed by atoms with Crippen LogP contribution in [-0.4, -0.2) is 27.0 Å². The van der Waals surface area contributed by atoms with Gasteiger partial charge in [-0.3, -0.25) is 10.2 Å². The van der Waals surface area contributed by atoms with Crippen molar-refractivity contribution in [2.24, 2.45) is 0 Å². The molecule has 4 rings (SSSR count). The number of nitrogens with one attached hydrogen (secondary N) is 2. The maximum Gasteiger partial charge on any atom is 0.234 e. The first-order chi connectivity index (χ1) is 12.6. The van der Waals surface area contributed by atoms with Crippen molar-refractivity contribution in [3.8, 4) is 0 Å². The molecule has 3 aromatic rings. The number of carbonyl (C=O) groups is 1. The summed E-state index contributed by atoms with van der Waals surface area (Å²) in [4.78, 5) is 18.4. The van der Waals surface area contributed by atoms with Crippen LogP contribution in [0.25, 0.3) is 10.2 Å². The van der Waals surface area contributed by atoms with E-state index in [0.717, 1.165) is 14.7 Å². The highest BCUT2D eigenvalue weighted by atomic mass is 79.9. The third-order valence-electron chi connectivity index (χ3n) is 3.89. The van der Waals surface area contributed by atoms with Gasteiger partial charge in [0, 0.05) is 17.1 Å². The number of benzene rings is 2. The first kappa shape index (κ1) is 17.7. The fourth-order valence-corrected chi connectivity index (χ4v) is 4.66. The van der Waals surface area contributed by atoms with Gasteiger partial charge >= 0.3 is 0 Å². The average molecular weight is 453 g/mol. The number of hydrazine groups is 1.